The van der Waals surface area contributed by atoms with Crippen molar-refractivity contribution >= 4 is 16.9 Å². The number of esters is 1. The molecule has 0 amide bonds. The minimum atomic E-state index is -0.560. The molecule has 0 saturated carbocycles. The first-order valence-electron chi connectivity index (χ1n) is 9.63. The molecule has 1 heterocycles. The standard InChI is InChI=1S/C25H20O6/c1-28-20-13-12-17(15-21(20)29-2)24-25(23(27)18-10-6-7-11-19(18)30-24)31-22(26)14-16-8-4-3-5-9-16/h3-13,15H,14H2,1-2H3. The van der Waals surface area contributed by atoms with Gasteiger partial charge in [0.15, 0.2) is 17.3 Å². The average molecular weight is 416 g/mol. The highest BCUT2D eigenvalue weighted by Gasteiger charge is 2.21. The minimum absolute atomic E-state index is 0.0263. The Morgan fingerprint density at radius 2 is 1.58 bits per heavy atom. The lowest BCUT2D eigenvalue weighted by molar-refractivity contribution is -0.133. The van der Waals surface area contributed by atoms with E-state index in [-0.39, 0.29) is 17.9 Å². The summed E-state index contributed by atoms with van der Waals surface area (Å²) in [5, 5.41) is 0.328. The van der Waals surface area contributed by atoms with E-state index in [1.165, 1.54) is 14.2 Å². The summed E-state index contributed by atoms with van der Waals surface area (Å²) in [6.45, 7) is 0. The first-order chi connectivity index (χ1) is 15.1. The van der Waals surface area contributed by atoms with Crippen molar-refractivity contribution in [2.24, 2.45) is 0 Å². The van der Waals surface area contributed by atoms with Gasteiger partial charge in [0, 0.05) is 5.56 Å². The van der Waals surface area contributed by atoms with Gasteiger partial charge in [0.2, 0.25) is 11.2 Å². The Kier molecular flexibility index (Phi) is 5.71. The quantitative estimate of drug-likeness (QED) is 0.427. The third kappa shape index (κ3) is 4.14. The molecule has 0 aliphatic heterocycles. The van der Waals surface area contributed by atoms with Gasteiger partial charge < -0.3 is 18.6 Å². The van der Waals surface area contributed by atoms with E-state index < -0.39 is 11.4 Å². The summed E-state index contributed by atoms with van der Waals surface area (Å²) in [6.07, 6.45) is 0.0263. The van der Waals surface area contributed by atoms with Crippen molar-refractivity contribution in [1.82, 2.24) is 0 Å². The van der Waals surface area contributed by atoms with Crippen LogP contribution in [0.3, 0.4) is 0 Å². The fourth-order valence-electron chi connectivity index (χ4n) is 3.30. The van der Waals surface area contributed by atoms with Gasteiger partial charge in [-0.3, -0.25) is 9.59 Å². The Morgan fingerprint density at radius 3 is 2.32 bits per heavy atom. The summed E-state index contributed by atoms with van der Waals surface area (Å²) in [7, 11) is 3.05. The lowest BCUT2D eigenvalue weighted by Gasteiger charge is -2.13. The number of rotatable bonds is 6. The molecule has 1 aromatic heterocycles. The van der Waals surface area contributed by atoms with Crippen LogP contribution in [0, 0.1) is 0 Å². The molecule has 0 radical (unpaired) electrons. The summed E-state index contributed by atoms with van der Waals surface area (Å²) in [5.41, 5.74) is 1.27. The number of para-hydroxylation sites is 1. The molecule has 0 bridgehead atoms. The number of hydrogen-bond acceptors (Lipinski definition) is 6. The second-order valence-electron chi connectivity index (χ2n) is 6.79. The summed E-state index contributed by atoms with van der Waals surface area (Å²) in [6, 6.07) is 21.1. The number of methoxy groups -OCH3 is 2. The third-order valence-corrected chi connectivity index (χ3v) is 4.81. The van der Waals surface area contributed by atoms with E-state index in [4.69, 9.17) is 18.6 Å². The molecule has 0 N–H and O–H groups in total. The van der Waals surface area contributed by atoms with Crippen LogP contribution in [0.5, 0.6) is 17.2 Å². The van der Waals surface area contributed by atoms with Gasteiger partial charge in [-0.2, -0.15) is 0 Å². The number of ether oxygens (including phenoxy) is 3. The second kappa shape index (κ2) is 8.75. The predicted octanol–water partition coefficient (Wildman–Crippen LogP) is 4.63. The topological polar surface area (TPSA) is 75.0 Å². The van der Waals surface area contributed by atoms with Crippen LogP contribution < -0.4 is 19.6 Å². The summed E-state index contributed by atoms with van der Waals surface area (Å²) < 4.78 is 22.2. The van der Waals surface area contributed by atoms with Crippen LogP contribution in [0.4, 0.5) is 0 Å². The molecule has 0 atom stereocenters. The average Bonchev–Trinajstić information content (AvgIpc) is 2.81. The first-order valence-corrected chi connectivity index (χ1v) is 9.63. The molecule has 0 saturated heterocycles. The van der Waals surface area contributed by atoms with Crippen molar-refractivity contribution in [1.29, 1.82) is 0 Å². The largest absolute Gasteiger partial charge is 0.493 e. The van der Waals surface area contributed by atoms with Crippen molar-refractivity contribution in [2.75, 3.05) is 14.2 Å². The summed E-state index contributed by atoms with van der Waals surface area (Å²) in [5.74, 6) is 0.405. The zero-order chi connectivity index (χ0) is 21.8. The molecule has 4 rings (SSSR count). The monoisotopic (exact) mass is 416 g/mol. The van der Waals surface area contributed by atoms with Gasteiger partial charge >= 0.3 is 5.97 Å². The van der Waals surface area contributed by atoms with Gasteiger partial charge in [-0.1, -0.05) is 42.5 Å². The molecule has 3 aromatic carbocycles. The van der Waals surface area contributed by atoms with Crippen molar-refractivity contribution < 1.29 is 23.4 Å². The molecule has 31 heavy (non-hydrogen) atoms. The zero-order valence-corrected chi connectivity index (χ0v) is 17.1. The molecule has 6 heteroatoms. The highest BCUT2D eigenvalue weighted by Crippen LogP contribution is 2.36. The van der Waals surface area contributed by atoms with E-state index >= 15 is 0 Å². The van der Waals surface area contributed by atoms with Crippen molar-refractivity contribution in [2.45, 2.75) is 6.42 Å². The predicted molar refractivity (Wildman–Crippen MR) is 117 cm³/mol. The molecule has 156 valence electrons. The van der Waals surface area contributed by atoms with Gasteiger partial charge in [0.05, 0.1) is 26.0 Å². The van der Waals surface area contributed by atoms with E-state index in [0.717, 1.165) is 5.56 Å². The molecular formula is C25H20O6. The van der Waals surface area contributed by atoms with E-state index in [0.29, 0.717) is 28.0 Å². The van der Waals surface area contributed by atoms with Gasteiger partial charge in [-0.25, -0.2) is 0 Å². The summed E-state index contributed by atoms with van der Waals surface area (Å²) >= 11 is 0. The third-order valence-electron chi connectivity index (χ3n) is 4.81. The minimum Gasteiger partial charge on any atom is -0.493 e. The van der Waals surface area contributed by atoms with Crippen LogP contribution in [0.15, 0.2) is 82.0 Å². The maximum atomic E-state index is 13.2. The SMILES string of the molecule is COc1ccc(-c2oc3ccccc3c(=O)c2OC(=O)Cc2ccccc2)cc1OC. The van der Waals surface area contributed by atoms with Crippen LogP contribution in [0.1, 0.15) is 5.56 Å². The van der Waals surface area contributed by atoms with Crippen LogP contribution in [-0.2, 0) is 11.2 Å². The number of carbonyl (C=O) groups excluding carboxylic acids is 1. The Labute approximate surface area is 178 Å². The van der Waals surface area contributed by atoms with Crippen molar-refractivity contribution in [3.8, 4) is 28.6 Å². The fraction of sp³-hybridized carbons (Fsp3) is 0.120. The Bertz CT molecular complexity index is 1290. The summed E-state index contributed by atoms with van der Waals surface area (Å²) in [4.78, 5) is 25.8. The van der Waals surface area contributed by atoms with Crippen LogP contribution >= 0.6 is 0 Å². The molecule has 0 aliphatic rings. The molecule has 0 spiro atoms. The van der Waals surface area contributed by atoms with Crippen molar-refractivity contribution in [3.63, 3.8) is 0 Å². The maximum Gasteiger partial charge on any atom is 0.315 e. The van der Waals surface area contributed by atoms with Crippen LogP contribution in [0.25, 0.3) is 22.3 Å². The van der Waals surface area contributed by atoms with Crippen molar-refractivity contribution in [3.05, 3.63) is 88.6 Å². The normalized spacial score (nSPS) is 10.6. The first kappa shape index (κ1) is 20.2. The maximum absolute atomic E-state index is 13.2. The zero-order valence-electron chi connectivity index (χ0n) is 17.1. The fourth-order valence-corrected chi connectivity index (χ4v) is 3.30. The lowest BCUT2D eigenvalue weighted by Crippen LogP contribution is -2.17. The molecule has 6 nitrogen and oxygen atoms in total. The Morgan fingerprint density at radius 1 is 0.871 bits per heavy atom. The van der Waals surface area contributed by atoms with Crippen LogP contribution in [-0.4, -0.2) is 20.2 Å². The molecule has 0 aliphatic carbocycles. The molecular weight excluding hydrogens is 396 g/mol. The smallest absolute Gasteiger partial charge is 0.315 e. The number of benzene rings is 3. The highest BCUT2D eigenvalue weighted by molar-refractivity contribution is 5.85. The number of fused-ring (bicyclic) bond motifs is 1. The van der Waals surface area contributed by atoms with Gasteiger partial charge in [0.25, 0.3) is 0 Å². The van der Waals surface area contributed by atoms with Crippen LogP contribution in [0.2, 0.25) is 0 Å². The molecule has 4 aromatic rings. The number of carbonyl (C=O) groups is 1. The highest BCUT2D eigenvalue weighted by atomic mass is 16.5. The Balaban J connectivity index is 1.82. The van der Waals surface area contributed by atoms with Gasteiger partial charge in [0.1, 0.15) is 5.58 Å². The van der Waals surface area contributed by atoms with Gasteiger partial charge in [-0.15, -0.1) is 0 Å². The van der Waals surface area contributed by atoms with E-state index in [1.807, 2.05) is 30.3 Å². The van der Waals surface area contributed by atoms with E-state index in [9.17, 15) is 9.59 Å². The second-order valence-corrected chi connectivity index (χ2v) is 6.79. The molecule has 0 fully saturated rings. The Hall–Kier alpha value is -4.06. The lowest BCUT2D eigenvalue weighted by atomic mass is 10.1. The van der Waals surface area contributed by atoms with E-state index in [2.05, 4.69) is 0 Å². The van der Waals surface area contributed by atoms with E-state index in [1.54, 1.807) is 42.5 Å². The molecule has 0 unspecified atom stereocenters. The number of hydrogen-bond donors (Lipinski definition) is 0. The van der Waals surface area contributed by atoms with Gasteiger partial charge in [-0.05, 0) is 35.9 Å².